The van der Waals surface area contributed by atoms with E-state index in [1.807, 2.05) is 0 Å². The van der Waals surface area contributed by atoms with Crippen LogP contribution in [0.5, 0.6) is 0 Å². The fourth-order valence-electron chi connectivity index (χ4n) is 0.730. The Morgan fingerprint density at radius 1 is 1.20 bits per heavy atom. The Balaban J connectivity index is 3.69. The molecule has 0 rings (SSSR count). The van der Waals surface area contributed by atoms with Crippen molar-refractivity contribution in [3.8, 4) is 0 Å². The number of aliphatic hydroxyl groups excluding tert-OH is 2. The molecule has 0 unspecified atom stereocenters. The molecule has 0 amide bonds. The molecule has 10 heavy (non-hydrogen) atoms. The number of hydroxylamine groups is 1. The van der Waals surface area contributed by atoms with Gasteiger partial charge in [-0.2, -0.15) is 5.48 Å². The van der Waals surface area contributed by atoms with E-state index in [-0.39, 0.29) is 13.2 Å². The van der Waals surface area contributed by atoms with Gasteiger partial charge in [-0.25, -0.2) is 0 Å². The molecule has 0 aromatic carbocycles. The Morgan fingerprint density at radius 2 is 1.60 bits per heavy atom. The molecule has 0 saturated carbocycles. The molecule has 0 atom stereocenters. The molecule has 4 N–H and O–H groups in total. The molecular formula is C6H15NO3. The maximum Gasteiger partial charge on any atom is 0.0449 e. The van der Waals surface area contributed by atoms with Crippen LogP contribution in [-0.4, -0.2) is 34.2 Å². The zero-order valence-corrected chi connectivity index (χ0v) is 6.17. The summed E-state index contributed by atoms with van der Waals surface area (Å²) < 4.78 is 0. The molecule has 0 fully saturated rings. The van der Waals surface area contributed by atoms with Crippen molar-refractivity contribution in [2.24, 2.45) is 0 Å². The molecule has 0 aliphatic rings. The molecule has 0 spiro atoms. The lowest BCUT2D eigenvalue weighted by molar-refractivity contribution is 0.0386. The summed E-state index contributed by atoms with van der Waals surface area (Å²) in [6.07, 6.45) is 0.869. The van der Waals surface area contributed by atoms with Crippen LogP contribution in [0.2, 0.25) is 0 Å². The largest absolute Gasteiger partial charge is 0.396 e. The van der Waals surface area contributed by atoms with Gasteiger partial charge in [0.1, 0.15) is 0 Å². The van der Waals surface area contributed by atoms with Gasteiger partial charge < -0.3 is 15.4 Å². The van der Waals surface area contributed by atoms with E-state index in [0.717, 1.165) is 0 Å². The van der Waals surface area contributed by atoms with Gasteiger partial charge in [-0.3, -0.25) is 0 Å². The van der Waals surface area contributed by atoms with Crippen molar-refractivity contribution < 1.29 is 15.4 Å². The highest BCUT2D eigenvalue weighted by molar-refractivity contribution is 4.78. The molecule has 0 aromatic heterocycles. The molecule has 4 nitrogen and oxygen atoms in total. The molecule has 0 heterocycles. The summed E-state index contributed by atoms with van der Waals surface area (Å²) in [4.78, 5) is 0. The van der Waals surface area contributed by atoms with Crippen LogP contribution in [0.3, 0.4) is 0 Å². The van der Waals surface area contributed by atoms with Gasteiger partial charge in [0.15, 0.2) is 0 Å². The maximum atomic E-state index is 8.58. The third kappa shape index (κ3) is 3.12. The molecule has 0 aliphatic heterocycles. The van der Waals surface area contributed by atoms with Gasteiger partial charge in [-0.15, -0.1) is 0 Å². The minimum absolute atomic E-state index is 0.00403. The van der Waals surface area contributed by atoms with Crippen LogP contribution >= 0.6 is 0 Å². The van der Waals surface area contributed by atoms with Crippen molar-refractivity contribution in [3.05, 3.63) is 0 Å². The number of nitrogens with one attached hydrogen (secondary N) is 1. The van der Waals surface area contributed by atoms with Gasteiger partial charge in [-0.05, 0) is 19.8 Å². The van der Waals surface area contributed by atoms with Gasteiger partial charge in [0.2, 0.25) is 0 Å². The van der Waals surface area contributed by atoms with E-state index in [1.54, 1.807) is 6.92 Å². The Kier molecular flexibility index (Phi) is 4.55. The van der Waals surface area contributed by atoms with Crippen LogP contribution < -0.4 is 5.48 Å². The quantitative estimate of drug-likeness (QED) is 0.397. The zero-order chi connectivity index (χ0) is 8.04. The van der Waals surface area contributed by atoms with Crippen molar-refractivity contribution in [1.82, 2.24) is 5.48 Å². The maximum absolute atomic E-state index is 8.58. The van der Waals surface area contributed by atoms with E-state index in [4.69, 9.17) is 15.4 Å². The summed E-state index contributed by atoms with van der Waals surface area (Å²) in [5.74, 6) is 0. The van der Waals surface area contributed by atoms with Crippen LogP contribution in [0.25, 0.3) is 0 Å². The van der Waals surface area contributed by atoms with E-state index >= 15 is 0 Å². The Bertz CT molecular complexity index is 81.1. The summed E-state index contributed by atoms with van der Waals surface area (Å²) >= 11 is 0. The van der Waals surface area contributed by atoms with Crippen LogP contribution in [0.15, 0.2) is 0 Å². The molecule has 0 saturated heterocycles. The molecule has 4 heteroatoms. The summed E-state index contributed by atoms with van der Waals surface area (Å²) in [5.41, 5.74) is 1.51. The van der Waals surface area contributed by atoms with E-state index in [1.165, 1.54) is 0 Å². The number of aliphatic hydroxyl groups is 2. The number of rotatable bonds is 5. The highest BCUT2D eigenvalue weighted by Gasteiger charge is 2.21. The van der Waals surface area contributed by atoms with Crippen LogP contribution in [0, 0.1) is 0 Å². The molecule has 0 aliphatic carbocycles. The second-order valence-corrected chi connectivity index (χ2v) is 2.62. The first-order valence-electron chi connectivity index (χ1n) is 3.31. The summed E-state index contributed by atoms with van der Waals surface area (Å²) in [5, 5.41) is 25.6. The Morgan fingerprint density at radius 3 is 1.80 bits per heavy atom. The highest BCUT2D eigenvalue weighted by Crippen LogP contribution is 2.11. The van der Waals surface area contributed by atoms with Gasteiger partial charge in [0, 0.05) is 18.8 Å². The lowest BCUT2D eigenvalue weighted by Crippen LogP contribution is -2.41. The summed E-state index contributed by atoms with van der Waals surface area (Å²) in [7, 11) is 0. The molecule has 0 bridgehead atoms. The minimum atomic E-state index is -0.552. The molecule has 0 aromatic rings. The smallest absolute Gasteiger partial charge is 0.0449 e. The number of hydrogen-bond acceptors (Lipinski definition) is 4. The monoisotopic (exact) mass is 149 g/mol. The minimum Gasteiger partial charge on any atom is -0.396 e. The molecule has 0 radical (unpaired) electrons. The normalized spacial score (nSPS) is 12.0. The predicted molar refractivity (Wildman–Crippen MR) is 36.7 cm³/mol. The fourth-order valence-corrected chi connectivity index (χ4v) is 0.730. The van der Waals surface area contributed by atoms with Crippen molar-refractivity contribution in [3.63, 3.8) is 0 Å². The van der Waals surface area contributed by atoms with Crippen LogP contribution in [-0.2, 0) is 0 Å². The lowest BCUT2D eigenvalue weighted by atomic mass is 9.96. The Labute approximate surface area is 60.5 Å². The van der Waals surface area contributed by atoms with Gasteiger partial charge in [0.25, 0.3) is 0 Å². The molecule has 62 valence electrons. The van der Waals surface area contributed by atoms with Crippen molar-refractivity contribution in [1.29, 1.82) is 0 Å². The second kappa shape index (κ2) is 4.62. The Hall–Kier alpha value is -0.160. The summed E-state index contributed by atoms with van der Waals surface area (Å²) in [6, 6.07) is 0. The molecular weight excluding hydrogens is 134 g/mol. The first-order chi connectivity index (χ1) is 4.68. The van der Waals surface area contributed by atoms with E-state index in [9.17, 15) is 0 Å². The SMILES string of the molecule is CC(CCO)(CCO)NO. The van der Waals surface area contributed by atoms with Gasteiger partial charge in [-0.1, -0.05) is 0 Å². The zero-order valence-electron chi connectivity index (χ0n) is 6.17. The van der Waals surface area contributed by atoms with E-state index in [0.29, 0.717) is 12.8 Å². The topological polar surface area (TPSA) is 72.7 Å². The van der Waals surface area contributed by atoms with Gasteiger partial charge in [0.05, 0.1) is 0 Å². The van der Waals surface area contributed by atoms with Gasteiger partial charge >= 0.3 is 0 Å². The first-order valence-corrected chi connectivity index (χ1v) is 3.31. The average Bonchev–Trinajstić information content (AvgIpc) is 1.89. The standard InChI is InChI=1S/C6H15NO3/c1-6(7-10,2-4-8)3-5-9/h7-10H,2-5H2,1H3. The van der Waals surface area contributed by atoms with Crippen LogP contribution in [0.1, 0.15) is 19.8 Å². The summed E-state index contributed by atoms with van der Waals surface area (Å²) in [6.45, 7) is 1.74. The third-order valence-electron chi connectivity index (χ3n) is 1.60. The third-order valence-corrected chi connectivity index (χ3v) is 1.60. The number of hydrogen-bond donors (Lipinski definition) is 4. The average molecular weight is 149 g/mol. The van der Waals surface area contributed by atoms with E-state index < -0.39 is 5.54 Å². The van der Waals surface area contributed by atoms with E-state index in [2.05, 4.69) is 5.48 Å². The highest BCUT2D eigenvalue weighted by atomic mass is 16.5. The first kappa shape index (κ1) is 9.84. The predicted octanol–water partition coefficient (Wildman–Crippen LogP) is -0.511. The fraction of sp³-hybridized carbons (Fsp3) is 1.00. The second-order valence-electron chi connectivity index (χ2n) is 2.62. The van der Waals surface area contributed by atoms with Crippen molar-refractivity contribution >= 4 is 0 Å². The van der Waals surface area contributed by atoms with Crippen molar-refractivity contribution in [2.75, 3.05) is 13.2 Å². The van der Waals surface area contributed by atoms with Crippen molar-refractivity contribution in [2.45, 2.75) is 25.3 Å². The lowest BCUT2D eigenvalue weighted by Gasteiger charge is -2.25. The van der Waals surface area contributed by atoms with Crippen LogP contribution in [0.4, 0.5) is 0 Å².